The maximum absolute atomic E-state index is 12.1. The van der Waals surface area contributed by atoms with Crippen LogP contribution in [0.5, 0.6) is 0 Å². The summed E-state index contributed by atoms with van der Waals surface area (Å²) in [5.41, 5.74) is 5.91. The Hall–Kier alpha value is -1.30. The molecule has 1 aliphatic heterocycles. The van der Waals surface area contributed by atoms with Crippen molar-refractivity contribution in [3.05, 3.63) is 0 Å². The third kappa shape index (κ3) is 4.70. The van der Waals surface area contributed by atoms with Crippen molar-refractivity contribution in [1.29, 1.82) is 0 Å². The van der Waals surface area contributed by atoms with E-state index in [1.807, 2.05) is 6.92 Å². The lowest BCUT2D eigenvalue weighted by atomic mass is 10.0. The molecular weight excluding hydrogens is 244 g/mol. The van der Waals surface area contributed by atoms with E-state index in [1.165, 1.54) is 0 Å². The van der Waals surface area contributed by atoms with E-state index in [0.29, 0.717) is 45.1 Å². The lowest BCUT2D eigenvalue weighted by Gasteiger charge is -2.36. The van der Waals surface area contributed by atoms with E-state index in [-0.39, 0.29) is 11.9 Å². The fourth-order valence-corrected chi connectivity index (χ4v) is 2.24. The highest BCUT2D eigenvalue weighted by Crippen LogP contribution is 2.08. The van der Waals surface area contributed by atoms with Crippen LogP contribution < -0.4 is 11.1 Å². The molecule has 1 rings (SSSR count). The van der Waals surface area contributed by atoms with Crippen LogP contribution in [0.2, 0.25) is 0 Å². The van der Waals surface area contributed by atoms with Crippen LogP contribution in [-0.4, -0.2) is 60.5 Å². The van der Waals surface area contributed by atoms with Crippen LogP contribution in [0.15, 0.2) is 0 Å². The van der Waals surface area contributed by atoms with Gasteiger partial charge < -0.3 is 20.9 Å². The van der Waals surface area contributed by atoms with E-state index >= 15 is 0 Å². The number of amides is 3. The second kappa shape index (κ2) is 7.33. The molecule has 0 unspecified atom stereocenters. The van der Waals surface area contributed by atoms with Gasteiger partial charge in [0.1, 0.15) is 0 Å². The Balaban J connectivity index is 2.40. The summed E-state index contributed by atoms with van der Waals surface area (Å²) in [6, 6.07) is -0.475. The molecule has 1 fully saturated rings. The fourth-order valence-electron chi connectivity index (χ4n) is 2.24. The summed E-state index contributed by atoms with van der Waals surface area (Å²) in [4.78, 5) is 27.3. The maximum Gasteiger partial charge on any atom is 0.317 e. The second-order valence-electron chi connectivity index (χ2n) is 5.38. The summed E-state index contributed by atoms with van der Waals surface area (Å²) in [7, 11) is 0. The van der Waals surface area contributed by atoms with Gasteiger partial charge in [-0.05, 0) is 19.3 Å². The van der Waals surface area contributed by atoms with Gasteiger partial charge in [-0.3, -0.25) is 4.79 Å². The third-order valence-corrected chi connectivity index (χ3v) is 3.25. The van der Waals surface area contributed by atoms with Gasteiger partial charge in [0.05, 0.1) is 6.04 Å². The molecule has 0 aromatic rings. The molecule has 0 radical (unpaired) electrons. The first-order valence-corrected chi connectivity index (χ1v) is 7.02. The molecule has 3 amide bonds. The van der Waals surface area contributed by atoms with Crippen molar-refractivity contribution in [3.8, 4) is 0 Å². The van der Waals surface area contributed by atoms with Crippen LogP contribution in [0.3, 0.4) is 0 Å². The molecule has 6 nitrogen and oxygen atoms in total. The predicted molar refractivity (Wildman–Crippen MR) is 74.7 cm³/mol. The number of rotatable bonds is 4. The number of carbonyl (C=O) groups excluding carboxylic acids is 2. The van der Waals surface area contributed by atoms with E-state index in [0.717, 1.165) is 0 Å². The Morgan fingerprint density at radius 2 is 1.68 bits per heavy atom. The van der Waals surface area contributed by atoms with Crippen molar-refractivity contribution in [2.45, 2.75) is 33.2 Å². The predicted octanol–water partition coefficient (Wildman–Crippen LogP) is 0.234. The molecule has 0 spiro atoms. The first-order valence-electron chi connectivity index (χ1n) is 7.02. The van der Waals surface area contributed by atoms with E-state index in [9.17, 15) is 9.59 Å². The summed E-state index contributed by atoms with van der Waals surface area (Å²) in [6.45, 7) is 8.92. The monoisotopic (exact) mass is 270 g/mol. The van der Waals surface area contributed by atoms with Gasteiger partial charge in [0.2, 0.25) is 5.91 Å². The van der Waals surface area contributed by atoms with Crippen molar-refractivity contribution in [3.63, 3.8) is 0 Å². The van der Waals surface area contributed by atoms with Crippen LogP contribution >= 0.6 is 0 Å². The highest BCUT2D eigenvalue weighted by molar-refractivity contribution is 5.82. The van der Waals surface area contributed by atoms with Crippen molar-refractivity contribution in [2.75, 3.05) is 32.7 Å². The topological polar surface area (TPSA) is 78.7 Å². The van der Waals surface area contributed by atoms with Gasteiger partial charge in [0, 0.05) is 32.7 Å². The standard InChI is InChI=1S/C13H26N4O2/c1-4-15-13(19)17-7-5-16(6-8-17)12(18)11(14)9-10(2)3/h10-11H,4-9,14H2,1-3H3,(H,15,19)/t11-/m1/s1. The van der Waals surface area contributed by atoms with Crippen LogP contribution in [0, 0.1) is 5.92 Å². The van der Waals surface area contributed by atoms with E-state index < -0.39 is 6.04 Å². The molecule has 1 saturated heterocycles. The van der Waals surface area contributed by atoms with Gasteiger partial charge in [0.15, 0.2) is 0 Å². The van der Waals surface area contributed by atoms with Crippen LogP contribution in [-0.2, 0) is 4.79 Å². The van der Waals surface area contributed by atoms with Crippen LogP contribution in [0.1, 0.15) is 27.2 Å². The summed E-state index contributed by atoms with van der Waals surface area (Å²) < 4.78 is 0. The second-order valence-corrected chi connectivity index (χ2v) is 5.38. The number of nitrogens with one attached hydrogen (secondary N) is 1. The van der Waals surface area contributed by atoms with Crippen LogP contribution in [0.25, 0.3) is 0 Å². The lowest BCUT2D eigenvalue weighted by molar-refractivity contribution is -0.134. The average molecular weight is 270 g/mol. The summed E-state index contributed by atoms with van der Waals surface area (Å²) in [6.07, 6.45) is 0.704. The van der Waals surface area contributed by atoms with Gasteiger partial charge in [0.25, 0.3) is 0 Å². The van der Waals surface area contributed by atoms with Crippen molar-refractivity contribution < 1.29 is 9.59 Å². The molecule has 1 heterocycles. The average Bonchev–Trinajstić information content (AvgIpc) is 2.37. The summed E-state index contributed by atoms with van der Waals surface area (Å²) in [5, 5.41) is 2.77. The van der Waals surface area contributed by atoms with Crippen molar-refractivity contribution >= 4 is 11.9 Å². The zero-order valence-corrected chi connectivity index (χ0v) is 12.2. The Labute approximate surface area is 115 Å². The number of carbonyl (C=O) groups is 2. The highest BCUT2D eigenvalue weighted by Gasteiger charge is 2.27. The van der Waals surface area contributed by atoms with Gasteiger partial charge in [-0.25, -0.2) is 4.79 Å². The van der Waals surface area contributed by atoms with Gasteiger partial charge >= 0.3 is 6.03 Å². The molecule has 0 aromatic carbocycles. The molecule has 0 bridgehead atoms. The summed E-state index contributed by atoms with van der Waals surface area (Å²) in [5.74, 6) is 0.417. The van der Waals surface area contributed by atoms with Crippen LogP contribution in [0.4, 0.5) is 4.79 Å². The Morgan fingerprint density at radius 1 is 1.16 bits per heavy atom. The first-order chi connectivity index (χ1) is 8.95. The summed E-state index contributed by atoms with van der Waals surface area (Å²) >= 11 is 0. The first kappa shape index (κ1) is 15.8. The molecule has 3 N–H and O–H groups in total. The molecular formula is C13H26N4O2. The number of nitrogens with zero attached hydrogens (tertiary/aromatic N) is 2. The SMILES string of the molecule is CCNC(=O)N1CCN(C(=O)[C@H](N)CC(C)C)CC1. The number of nitrogens with two attached hydrogens (primary N) is 1. The molecule has 0 aromatic heterocycles. The molecule has 1 aliphatic rings. The van der Waals surface area contributed by atoms with Crippen molar-refractivity contribution in [1.82, 2.24) is 15.1 Å². The van der Waals surface area contributed by atoms with Crippen molar-refractivity contribution in [2.24, 2.45) is 11.7 Å². The number of urea groups is 1. The minimum absolute atomic E-state index is 0.00393. The van der Waals surface area contributed by atoms with E-state index in [4.69, 9.17) is 5.73 Å². The smallest absolute Gasteiger partial charge is 0.317 e. The molecule has 1 atom stereocenters. The Morgan fingerprint density at radius 3 is 2.16 bits per heavy atom. The zero-order valence-electron chi connectivity index (χ0n) is 12.2. The van der Waals surface area contributed by atoms with Gasteiger partial charge in [-0.2, -0.15) is 0 Å². The molecule has 110 valence electrons. The minimum atomic E-state index is -0.420. The fraction of sp³-hybridized carbons (Fsp3) is 0.846. The maximum atomic E-state index is 12.1. The molecule has 19 heavy (non-hydrogen) atoms. The zero-order chi connectivity index (χ0) is 14.4. The largest absolute Gasteiger partial charge is 0.338 e. The van der Waals surface area contributed by atoms with Gasteiger partial charge in [-0.1, -0.05) is 13.8 Å². The Kier molecular flexibility index (Phi) is 6.08. The van der Waals surface area contributed by atoms with E-state index in [1.54, 1.807) is 9.80 Å². The van der Waals surface area contributed by atoms with E-state index in [2.05, 4.69) is 19.2 Å². The normalized spacial score (nSPS) is 17.5. The third-order valence-electron chi connectivity index (χ3n) is 3.25. The molecule has 0 saturated carbocycles. The lowest BCUT2D eigenvalue weighted by Crippen LogP contribution is -2.56. The molecule has 0 aliphatic carbocycles. The quantitative estimate of drug-likeness (QED) is 0.768. The Bertz CT molecular complexity index is 312. The highest BCUT2D eigenvalue weighted by atomic mass is 16.2. The number of piperazine rings is 1. The minimum Gasteiger partial charge on any atom is -0.338 e. The number of hydrogen-bond donors (Lipinski definition) is 2. The van der Waals surface area contributed by atoms with Gasteiger partial charge in [-0.15, -0.1) is 0 Å². The molecule has 6 heteroatoms. The number of hydrogen-bond acceptors (Lipinski definition) is 3.